The average molecular weight is 446 g/mol. The molecule has 3 aromatic rings. The fraction of sp³-hybridized carbons (Fsp3) is 0.231. The van der Waals surface area contributed by atoms with Gasteiger partial charge in [-0.1, -0.05) is 24.3 Å². The van der Waals surface area contributed by atoms with Crippen LogP contribution in [0.25, 0.3) is 0 Å². The molecule has 0 unspecified atom stereocenters. The van der Waals surface area contributed by atoms with Crippen molar-refractivity contribution in [2.45, 2.75) is 19.9 Å². The molecule has 0 saturated heterocycles. The Balaban J connectivity index is 1.42. The molecule has 4 rings (SSSR count). The Bertz CT molecular complexity index is 1140. The number of hydrogen-bond acceptors (Lipinski definition) is 4. The van der Waals surface area contributed by atoms with Crippen LogP contribution in [0.15, 0.2) is 66.7 Å². The Labute approximate surface area is 193 Å². The van der Waals surface area contributed by atoms with Gasteiger partial charge >= 0.3 is 6.03 Å². The van der Waals surface area contributed by atoms with E-state index >= 15 is 0 Å². The lowest BCUT2D eigenvalue weighted by atomic mass is 10.1. The number of para-hydroxylation sites is 2. The van der Waals surface area contributed by atoms with Gasteiger partial charge in [0.05, 0.1) is 19.4 Å². The molecule has 0 atom stereocenters. The van der Waals surface area contributed by atoms with Gasteiger partial charge in [0.25, 0.3) is 5.91 Å². The molecule has 3 amide bonds. The molecule has 7 heteroatoms. The number of fused-ring (bicyclic) bond motifs is 1. The van der Waals surface area contributed by atoms with Crippen LogP contribution in [0.2, 0.25) is 0 Å². The van der Waals surface area contributed by atoms with Gasteiger partial charge in [0.2, 0.25) is 0 Å². The first kappa shape index (κ1) is 22.2. The Morgan fingerprint density at radius 2 is 1.82 bits per heavy atom. The first-order valence-corrected chi connectivity index (χ1v) is 10.9. The maximum absolute atomic E-state index is 13.1. The van der Waals surface area contributed by atoms with Crippen LogP contribution in [0.4, 0.5) is 16.2 Å². The lowest BCUT2D eigenvalue weighted by molar-refractivity contribution is 0.0989. The third-order valence-corrected chi connectivity index (χ3v) is 5.52. The average Bonchev–Trinajstić information content (AvgIpc) is 3.27. The summed E-state index contributed by atoms with van der Waals surface area (Å²) in [7, 11) is 1.60. The number of nitrogens with one attached hydrogen (secondary N) is 2. The van der Waals surface area contributed by atoms with E-state index < -0.39 is 0 Å². The summed E-state index contributed by atoms with van der Waals surface area (Å²) in [5.74, 6) is 1.29. The Morgan fingerprint density at radius 3 is 2.58 bits per heavy atom. The number of ether oxygens (including phenoxy) is 2. The molecule has 0 aromatic heterocycles. The van der Waals surface area contributed by atoms with E-state index in [1.807, 2.05) is 43.3 Å². The van der Waals surface area contributed by atoms with Crippen molar-refractivity contribution < 1.29 is 19.1 Å². The molecule has 1 aliphatic heterocycles. The topological polar surface area (TPSA) is 79.9 Å². The molecule has 3 aromatic carbocycles. The molecule has 1 heterocycles. The van der Waals surface area contributed by atoms with E-state index in [9.17, 15) is 9.59 Å². The van der Waals surface area contributed by atoms with E-state index in [2.05, 4.69) is 10.6 Å². The first-order valence-electron chi connectivity index (χ1n) is 10.9. The summed E-state index contributed by atoms with van der Waals surface area (Å²) in [5, 5.41) is 5.70. The maximum atomic E-state index is 13.1. The second kappa shape index (κ2) is 10.1. The van der Waals surface area contributed by atoms with Crippen molar-refractivity contribution in [1.82, 2.24) is 5.32 Å². The molecular weight excluding hydrogens is 418 g/mol. The summed E-state index contributed by atoms with van der Waals surface area (Å²) in [6.45, 7) is 3.38. The smallest absolute Gasteiger partial charge is 0.319 e. The van der Waals surface area contributed by atoms with Crippen molar-refractivity contribution >= 4 is 23.3 Å². The zero-order valence-electron chi connectivity index (χ0n) is 18.8. The highest BCUT2D eigenvalue weighted by molar-refractivity contribution is 6.07. The van der Waals surface area contributed by atoms with Crippen molar-refractivity contribution in [1.29, 1.82) is 0 Å². The van der Waals surface area contributed by atoms with Crippen LogP contribution in [0, 0.1) is 0 Å². The first-order chi connectivity index (χ1) is 16.1. The van der Waals surface area contributed by atoms with Crippen LogP contribution in [0.5, 0.6) is 11.5 Å². The van der Waals surface area contributed by atoms with E-state index in [1.165, 1.54) is 0 Å². The summed E-state index contributed by atoms with van der Waals surface area (Å²) in [4.78, 5) is 27.3. The van der Waals surface area contributed by atoms with E-state index in [-0.39, 0.29) is 11.9 Å². The SMILES string of the molecule is CCOc1ccccc1NC(=O)NCc1ccc2c(c1)N(C(=O)c1ccc(OC)cc1)CC2. The molecule has 0 spiro atoms. The van der Waals surface area contributed by atoms with E-state index in [1.54, 1.807) is 42.3 Å². The van der Waals surface area contributed by atoms with Crippen LogP contribution >= 0.6 is 0 Å². The highest BCUT2D eigenvalue weighted by Crippen LogP contribution is 2.31. The minimum atomic E-state index is -0.325. The van der Waals surface area contributed by atoms with Gasteiger partial charge in [-0.2, -0.15) is 0 Å². The van der Waals surface area contributed by atoms with Gasteiger partial charge in [-0.25, -0.2) is 4.79 Å². The monoisotopic (exact) mass is 445 g/mol. The molecule has 0 fully saturated rings. The zero-order valence-corrected chi connectivity index (χ0v) is 18.8. The standard InChI is InChI=1S/C26H27N3O4/c1-3-33-24-7-5-4-6-22(24)28-26(31)27-17-18-8-9-19-14-15-29(23(19)16-18)25(30)20-10-12-21(32-2)13-11-20/h4-13,16H,3,14-15,17H2,1-2H3,(H2,27,28,31). The molecule has 7 nitrogen and oxygen atoms in total. The molecule has 0 radical (unpaired) electrons. The van der Waals surface area contributed by atoms with Gasteiger partial charge in [0.1, 0.15) is 11.5 Å². The molecule has 170 valence electrons. The molecular formula is C26H27N3O4. The van der Waals surface area contributed by atoms with Crippen molar-refractivity contribution in [2.24, 2.45) is 0 Å². The third kappa shape index (κ3) is 5.09. The number of urea groups is 1. The molecule has 33 heavy (non-hydrogen) atoms. The van der Waals surface area contributed by atoms with Gasteiger partial charge < -0.3 is 25.0 Å². The second-order valence-electron chi connectivity index (χ2n) is 7.64. The van der Waals surface area contributed by atoms with Gasteiger partial charge in [0, 0.05) is 24.3 Å². The van der Waals surface area contributed by atoms with E-state index in [4.69, 9.17) is 9.47 Å². The van der Waals surface area contributed by atoms with Crippen LogP contribution < -0.4 is 25.0 Å². The largest absolute Gasteiger partial charge is 0.497 e. The number of hydrogen-bond donors (Lipinski definition) is 2. The highest BCUT2D eigenvalue weighted by atomic mass is 16.5. The molecule has 0 aliphatic carbocycles. The van der Waals surface area contributed by atoms with Crippen LogP contribution in [-0.2, 0) is 13.0 Å². The summed E-state index contributed by atoms with van der Waals surface area (Å²) in [6, 6.07) is 20.1. The minimum Gasteiger partial charge on any atom is -0.497 e. The predicted octanol–water partition coefficient (Wildman–Crippen LogP) is 4.62. The summed E-state index contributed by atoms with van der Waals surface area (Å²) < 4.78 is 10.7. The normalized spacial score (nSPS) is 12.1. The van der Waals surface area contributed by atoms with Gasteiger partial charge in [-0.05, 0) is 66.9 Å². The molecule has 0 bridgehead atoms. The van der Waals surface area contributed by atoms with Crippen molar-refractivity contribution in [3.05, 3.63) is 83.4 Å². The number of carbonyl (C=O) groups is 2. The Kier molecular flexibility index (Phi) is 6.78. The van der Waals surface area contributed by atoms with Gasteiger partial charge in [0.15, 0.2) is 0 Å². The lowest BCUT2D eigenvalue weighted by Gasteiger charge is -2.18. The third-order valence-electron chi connectivity index (χ3n) is 5.52. The van der Waals surface area contributed by atoms with Crippen LogP contribution in [-0.4, -0.2) is 32.2 Å². The zero-order chi connectivity index (χ0) is 23.2. The lowest BCUT2D eigenvalue weighted by Crippen LogP contribution is -2.29. The summed E-state index contributed by atoms with van der Waals surface area (Å²) in [6.07, 6.45) is 0.805. The molecule has 1 aliphatic rings. The number of rotatable bonds is 7. The van der Waals surface area contributed by atoms with Gasteiger partial charge in [-0.3, -0.25) is 4.79 Å². The minimum absolute atomic E-state index is 0.0493. The number of nitrogens with zero attached hydrogens (tertiary/aromatic N) is 1. The van der Waals surface area contributed by atoms with Gasteiger partial charge in [-0.15, -0.1) is 0 Å². The van der Waals surface area contributed by atoms with E-state index in [0.29, 0.717) is 42.4 Å². The number of amides is 3. The number of anilines is 2. The van der Waals surface area contributed by atoms with Crippen LogP contribution in [0.3, 0.4) is 0 Å². The maximum Gasteiger partial charge on any atom is 0.319 e. The van der Waals surface area contributed by atoms with E-state index in [0.717, 1.165) is 23.2 Å². The number of benzene rings is 3. The quantitative estimate of drug-likeness (QED) is 0.556. The molecule has 0 saturated carbocycles. The highest BCUT2D eigenvalue weighted by Gasteiger charge is 2.26. The Hall–Kier alpha value is -4.00. The summed E-state index contributed by atoms with van der Waals surface area (Å²) >= 11 is 0. The number of carbonyl (C=O) groups excluding carboxylic acids is 2. The predicted molar refractivity (Wildman–Crippen MR) is 128 cm³/mol. The van der Waals surface area contributed by atoms with Crippen LogP contribution in [0.1, 0.15) is 28.4 Å². The van der Waals surface area contributed by atoms with Crippen molar-refractivity contribution in [3.63, 3.8) is 0 Å². The second-order valence-corrected chi connectivity index (χ2v) is 7.64. The van der Waals surface area contributed by atoms with Crippen molar-refractivity contribution in [2.75, 3.05) is 30.5 Å². The summed E-state index contributed by atoms with van der Waals surface area (Å²) in [5.41, 5.74) is 4.14. The fourth-order valence-corrected chi connectivity index (χ4v) is 3.84. The molecule has 2 N–H and O–H groups in total. The number of methoxy groups -OCH3 is 1. The Morgan fingerprint density at radius 1 is 1.03 bits per heavy atom. The fourth-order valence-electron chi connectivity index (χ4n) is 3.84. The van der Waals surface area contributed by atoms with Crippen molar-refractivity contribution in [3.8, 4) is 11.5 Å².